The fourth-order valence-corrected chi connectivity index (χ4v) is 2.49. The van der Waals surface area contributed by atoms with E-state index in [1.54, 1.807) is 26.0 Å². The number of nitrogens with zero attached hydrogens (tertiary/aromatic N) is 1. The summed E-state index contributed by atoms with van der Waals surface area (Å²) in [5, 5.41) is 9.41. The summed E-state index contributed by atoms with van der Waals surface area (Å²) in [6.45, 7) is 3.51. The van der Waals surface area contributed by atoms with E-state index in [9.17, 15) is 13.2 Å². The van der Waals surface area contributed by atoms with Gasteiger partial charge in [-0.3, -0.25) is 9.89 Å². The Kier molecular flexibility index (Phi) is 3.63. The number of aromatic amines is 1. The highest BCUT2D eigenvalue weighted by Crippen LogP contribution is 2.16. The van der Waals surface area contributed by atoms with Crippen LogP contribution in [-0.2, 0) is 9.84 Å². The standard InChI is InChI=1S/C13H15N3O3S/c1-8-12(9(2)16-15-8)13(17)14-10-4-6-11(7-5-10)20(3,18)19/h4-7H,1-3H3,(H,14,17)(H,15,16). The van der Waals surface area contributed by atoms with Crippen molar-refractivity contribution in [2.24, 2.45) is 0 Å². The van der Waals surface area contributed by atoms with Gasteiger partial charge in [0.2, 0.25) is 0 Å². The second kappa shape index (κ2) is 5.09. The average Bonchev–Trinajstić information content (AvgIpc) is 2.68. The predicted molar refractivity (Wildman–Crippen MR) is 75.6 cm³/mol. The van der Waals surface area contributed by atoms with E-state index in [0.717, 1.165) is 6.26 Å². The van der Waals surface area contributed by atoms with Crippen LogP contribution in [0.15, 0.2) is 29.2 Å². The van der Waals surface area contributed by atoms with Crippen molar-refractivity contribution >= 4 is 21.4 Å². The molecule has 1 amide bonds. The lowest BCUT2D eigenvalue weighted by Crippen LogP contribution is -2.13. The number of carbonyl (C=O) groups excluding carboxylic acids is 1. The molecule has 2 aromatic rings. The van der Waals surface area contributed by atoms with E-state index in [0.29, 0.717) is 22.6 Å². The number of hydrogen-bond acceptors (Lipinski definition) is 4. The first-order valence-electron chi connectivity index (χ1n) is 5.92. The summed E-state index contributed by atoms with van der Waals surface area (Å²) in [5.74, 6) is -0.277. The number of nitrogens with one attached hydrogen (secondary N) is 2. The Labute approximate surface area is 117 Å². The number of hydrogen-bond donors (Lipinski definition) is 2. The fraction of sp³-hybridized carbons (Fsp3) is 0.231. The number of anilines is 1. The molecular weight excluding hydrogens is 278 g/mol. The maximum absolute atomic E-state index is 12.1. The van der Waals surface area contributed by atoms with Gasteiger partial charge in [0.25, 0.3) is 5.91 Å². The second-order valence-electron chi connectivity index (χ2n) is 4.56. The van der Waals surface area contributed by atoms with Crippen molar-refractivity contribution in [2.75, 3.05) is 11.6 Å². The molecule has 20 heavy (non-hydrogen) atoms. The molecule has 1 aromatic carbocycles. The predicted octanol–water partition coefficient (Wildman–Crippen LogP) is 1.68. The van der Waals surface area contributed by atoms with Crippen LogP contribution in [0.4, 0.5) is 5.69 Å². The van der Waals surface area contributed by atoms with Crippen LogP contribution >= 0.6 is 0 Å². The van der Waals surface area contributed by atoms with E-state index in [1.165, 1.54) is 12.1 Å². The number of amides is 1. The maximum atomic E-state index is 12.1. The maximum Gasteiger partial charge on any atom is 0.259 e. The topological polar surface area (TPSA) is 91.9 Å². The van der Waals surface area contributed by atoms with Crippen LogP contribution in [0, 0.1) is 13.8 Å². The third-order valence-electron chi connectivity index (χ3n) is 2.90. The van der Waals surface area contributed by atoms with Crippen molar-refractivity contribution in [1.82, 2.24) is 10.2 Å². The van der Waals surface area contributed by atoms with Gasteiger partial charge in [-0.15, -0.1) is 0 Å². The summed E-state index contributed by atoms with van der Waals surface area (Å²) in [6, 6.07) is 6.03. The van der Waals surface area contributed by atoms with Crippen LogP contribution < -0.4 is 5.32 Å². The van der Waals surface area contributed by atoms with Gasteiger partial charge in [-0.2, -0.15) is 5.10 Å². The van der Waals surface area contributed by atoms with Crippen LogP contribution in [0.25, 0.3) is 0 Å². The Balaban J connectivity index is 2.21. The molecule has 2 rings (SSSR count). The Morgan fingerprint density at radius 3 is 2.25 bits per heavy atom. The van der Waals surface area contributed by atoms with Crippen LogP contribution in [0.2, 0.25) is 0 Å². The molecule has 0 radical (unpaired) electrons. The minimum atomic E-state index is -3.23. The molecule has 0 spiro atoms. The van der Waals surface area contributed by atoms with Crippen molar-refractivity contribution in [3.63, 3.8) is 0 Å². The Bertz CT molecular complexity index is 726. The summed E-state index contributed by atoms with van der Waals surface area (Å²) >= 11 is 0. The zero-order valence-electron chi connectivity index (χ0n) is 11.4. The molecule has 0 bridgehead atoms. The minimum Gasteiger partial charge on any atom is -0.322 e. The van der Waals surface area contributed by atoms with Gasteiger partial charge in [-0.1, -0.05) is 0 Å². The smallest absolute Gasteiger partial charge is 0.259 e. The van der Waals surface area contributed by atoms with E-state index >= 15 is 0 Å². The Morgan fingerprint density at radius 2 is 1.80 bits per heavy atom. The zero-order chi connectivity index (χ0) is 14.9. The summed E-state index contributed by atoms with van der Waals surface area (Å²) in [5.41, 5.74) is 2.33. The first-order chi connectivity index (χ1) is 9.29. The molecular formula is C13H15N3O3S. The SMILES string of the molecule is Cc1n[nH]c(C)c1C(=O)Nc1ccc(S(C)(=O)=O)cc1. The number of sulfone groups is 1. The van der Waals surface area contributed by atoms with Gasteiger partial charge < -0.3 is 5.32 Å². The van der Waals surface area contributed by atoms with Crippen LogP contribution in [0.3, 0.4) is 0 Å². The number of H-pyrrole nitrogens is 1. The highest BCUT2D eigenvalue weighted by molar-refractivity contribution is 7.90. The average molecular weight is 293 g/mol. The van der Waals surface area contributed by atoms with Crippen molar-refractivity contribution in [2.45, 2.75) is 18.7 Å². The molecule has 0 aliphatic carbocycles. The first kappa shape index (κ1) is 14.3. The number of aromatic nitrogens is 2. The van der Waals surface area contributed by atoms with Gasteiger partial charge in [0.15, 0.2) is 9.84 Å². The molecule has 106 valence electrons. The summed E-state index contributed by atoms with van der Waals surface area (Å²) < 4.78 is 22.7. The van der Waals surface area contributed by atoms with Crippen molar-refractivity contribution < 1.29 is 13.2 Å². The molecule has 6 nitrogen and oxygen atoms in total. The lowest BCUT2D eigenvalue weighted by Gasteiger charge is -2.06. The highest BCUT2D eigenvalue weighted by atomic mass is 32.2. The molecule has 0 aliphatic heterocycles. The third kappa shape index (κ3) is 2.88. The first-order valence-corrected chi connectivity index (χ1v) is 7.81. The van der Waals surface area contributed by atoms with E-state index < -0.39 is 9.84 Å². The molecule has 1 aromatic heterocycles. The quantitative estimate of drug-likeness (QED) is 0.900. The molecule has 2 N–H and O–H groups in total. The van der Waals surface area contributed by atoms with Gasteiger partial charge in [0.05, 0.1) is 16.2 Å². The molecule has 1 heterocycles. The molecule has 0 saturated carbocycles. The largest absolute Gasteiger partial charge is 0.322 e. The van der Waals surface area contributed by atoms with Crippen molar-refractivity contribution in [3.8, 4) is 0 Å². The van der Waals surface area contributed by atoms with Crippen molar-refractivity contribution in [1.29, 1.82) is 0 Å². The van der Waals surface area contributed by atoms with E-state index in [1.807, 2.05) is 0 Å². The summed E-state index contributed by atoms with van der Waals surface area (Å²) in [6.07, 6.45) is 1.14. The second-order valence-corrected chi connectivity index (χ2v) is 6.58. The number of rotatable bonds is 3. The summed E-state index contributed by atoms with van der Waals surface area (Å²) in [7, 11) is -3.23. The Morgan fingerprint density at radius 1 is 1.20 bits per heavy atom. The number of benzene rings is 1. The molecule has 0 aliphatic rings. The van der Waals surface area contributed by atoms with Crippen LogP contribution in [0.1, 0.15) is 21.7 Å². The Hall–Kier alpha value is -2.15. The van der Waals surface area contributed by atoms with E-state index in [2.05, 4.69) is 15.5 Å². The lowest BCUT2D eigenvalue weighted by atomic mass is 10.2. The molecule has 0 saturated heterocycles. The normalized spacial score (nSPS) is 11.3. The van der Waals surface area contributed by atoms with Gasteiger partial charge in [0, 0.05) is 17.6 Å². The third-order valence-corrected chi connectivity index (χ3v) is 4.02. The van der Waals surface area contributed by atoms with Gasteiger partial charge in [-0.25, -0.2) is 8.42 Å². The van der Waals surface area contributed by atoms with Gasteiger partial charge >= 0.3 is 0 Å². The van der Waals surface area contributed by atoms with Gasteiger partial charge in [0.1, 0.15) is 0 Å². The monoisotopic (exact) mass is 293 g/mol. The van der Waals surface area contributed by atoms with E-state index in [4.69, 9.17) is 0 Å². The minimum absolute atomic E-state index is 0.214. The molecule has 0 atom stereocenters. The number of carbonyl (C=O) groups is 1. The number of aryl methyl sites for hydroxylation is 2. The zero-order valence-corrected chi connectivity index (χ0v) is 12.2. The van der Waals surface area contributed by atoms with Crippen molar-refractivity contribution in [3.05, 3.63) is 41.2 Å². The lowest BCUT2D eigenvalue weighted by molar-refractivity contribution is 0.102. The van der Waals surface area contributed by atoms with Crippen LogP contribution in [-0.4, -0.2) is 30.8 Å². The molecule has 0 fully saturated rings. The van der Waals surface area contributed by atoms with E-state index in [-0.39, 0.29) is 10.8 Å². The summed E-state index contributed by atoms with van der Waals surface area (Å²) in [4.78, 5) is 12.3. The highest BCUT2D eigenvalue weighted by Gasteiger charge is 2.15. The van der Waals surface area contributed by atoms with Crippen LogP contribution in [0.5, 0.6) is 0 Å². The van der Waals surface area contributed by atoms with Gasteiger partial charge in [-0.05, 0) is 38.1 Å². The molecule has 0 unspecified atom stereocenters. The fourth-order valence-electron chi connectivity index (χ4n) is 1.86. The molecule has 7 heteroatoms.